The maximum atomic E-state index is 13.0. The van der Waals surface area contributed by atoms with Crippen LogP contribution in [0.1, 0.15) is 23.0 Å². The molecule has 0 bridgehead atoms. The van der Waals surface area contributed by atoms with Crippen molar-refractivity contribution < 1.29 is 19.1 Å². The van der Waals surface area contributed by atoms with Gasteiger partial charge in [-0.15, -0.1) is 0 Å². The highest BCUT2D eigenvalue weighted by Crippen LogP contribution is 2.34. The van der Waals surface area contributed by atoms with Crippen LogP contribution < -0.4 is 5.01 Å². The molecular weight excluding hydrogens is 507 g/mol. The Morgan fingerprint density at radius 1 is 1.16 bits per heavy atom. The Labute approximate surface area is 195 Å². The Morgan fingerprint density at radius 2 is 1.94 bits per heavy atom. The summed E-state index contributed by atoms with van der Waals surface area (Å²) in [5, 5.41) is 15.7. The van der Waals surface area contributed by atoms with Crippen LogP contribution in [0.5, 0.6) is 0 Å². The molecule has 0 saturated heterocycles. The number of carboxylic acid groups (broad SMARTS) is 1. The van der Waals surface area contributed by atoms with Crippen LogP contribution in [0.3, 0.4) is 0 Å². The molecular formula is C22H13BrCl2N2O4. The lowest BCUT2D eigenvalue weighted by Gasteiger charge is -2.13. The first kappa shape index (κ1) is 21.4. The lowest BCUT2D eigenvalue weighted by molar-refractivity contribution is -0.114. The van der Waals surface area contributed by atoms with Gasteiger partial charge >= 0.3 is 5.97 Å². The summed E-state index contributed by atoms with van der Waals surface area (Å²) in [5.74, 6) is -0.706. The fourth-order valence-corrected chi connectivity index (χ4v) is 3.85. The van der Waals surface area contributed by atoms with Crippen LogP contribution >= 0.6 is 39.1 Å². The van der Waals surface area contributed by atoms with E-state index in [-0.39, 0.29) is 11.5 Å². The van der Waals surface area contributed by atoms with E-state index in [9.17, 15) is 14.7 Å². The average Bonchev–Trinajstić information content (AvgIpc) is 3.30. The van der Waals surface area contributed by atoms with Crippen LogP contribution in [0.25, 0.3) is 17.4 Å². The molecule has 156 valence electrons. The second kappa shape index (κ2) is 8.34. The monoisotopic (exact) mass is 518 g/mol. The zero-order valence-electron chi connectivity index (χ0n) is 15.9. The molecule has 0 radical (unpaired) electrons. The third kappa shape index (κ3) is 4.17. The molecule has 2 heterocycles. The lowest BCUT2D eigenvalue weighted by Crippen LogP contribution is -2.21. The van der Waals surface area contributed by atoms with Crippen molar-refractivity contribution in [2.45, 2.75) is 6.92 Å². The van der Waals surface area contributed by atoms with Gasteiger partial charge in [-0.25, -0.2) is 4.79 Å². The van der Waals surface area contributed by atoms with E-state index in [1.165, 1.54) is 11.1 Å². The van der Waals surface area contributed by atoms with Crippen LogP contribution in [0.2, 0.25) is 10.0 Å². The molecule has 31 heavy (non-hydrogen) atoms. The van der Waals surface area contributed by atoms with E-state index in [1.807, 2.05) is 0 Å². The fourth-order valence-electron chi connectivity index (χ4n) is 3.12. The van der Waals surface area contributed by atoms with E-state index in [0.29, 0.717) is 48.6 Å². The number of aromatic carboxylic acids is 1. The molecule has 0 saturated carbocycles. The Balaban J connectivity index is 1.68. The number of carboxylic acids is 1. The van der Waals surface area contributed by atoms with Gasteiger partial charge in [-0.2, -0.15) is 10.1 Å². The number of nitrogens with zero attached hydrogens (tertiary/aromatic N) is 2. The first-order valence-corrected chi connectivity index (χ1v) is 10.5. The van der Waals surface area contributed by atoms with Gasteiger partial charge in [0.25, 0.3) is 5.91 Å². The van der Waals surface area contributed by atoms with Crippen molar-refractivity contribution in [1.29, 1.82) is 0 Å². The normalized spacial score (nSPS) is 15.0. The molecule has 0 unspecified atom stereocenters. The molecule has 0 fully saturated rings. The molecule has 2 aromatic carbocycles. The summed E-state index contributed by atoms with van der Waals surface area (Å²) < 4.78 is 6.46. The van der Waals surface area contributed by atoms with Crippen LogP contribution in [-0.4, -0.2) is 22.7 Å². The fraction of sp³-hybridized carbons (Fsp3) is 0.0455. The van der Waals surface area contributed by atoms with E-state index >= 15 is 0 Å². The van der Waals surface area contributed by atoms with Crippen molar-refractivity contribution in [3.05, 3.63) is 79.9 Å². The van der Waals surface area contributed by atoms with Crippen molar-refractivity contribution in [2.75, 3.05) is 5.01 Å². The quantitative estimate of drug-likeness (QED) is 0.397. The number of hydrogen-bond acceptors (Lipinski definition) is 4. The van der Waals surface area contributed by atoms with Gasteiger partial charge in [0.1, 0.15) is 11.5 Å². The summed E-state index contributed by atoms with van der Waals surface area (Å²) >= 11 is 15.5. The predicted molar refractivity (Wildman–Crippen MR) is 124 cm³/mol. The highest BCUT2D eigenvalue weighted by molar-refractivity contribution is 9.10. The average molecular weight is 520 g/mol. The predicted octanol–water partition coefficient (Wildman–Crippen LogP) is 6.52. The van der Waals surface area contributed by atoms with Gasteiger partial charge in [0.05, 0.1) is 27.6 Å². The molecule has 1 N–H and O–H groups in total. The highest BCUT2D eigenvalue weighted by Gasteiger charge is 2.30. The number of anilines is 1. The number of furan rings is 1. The van der Waals surface area contributed by atoms with Gasteiger partial charge in [0.15, 0.2) is 0 Å². The van der Waals surface area contributed by atoms with Crippen molar-refractivity contribution >= 4 is 68.5 Å². The first-order chi connectivity index (χ1) is 14.7. The molecule has 6 nitrogen and oxygen atoms in total. The number of amides is 1. The SMILES string of the molecule is CC1=NN(c2cc(Cl)ccc2Cl)C(=O)C1=Cc1ccc(-c2ccc(Br)cc2C(=O)O)o1. The second-order valence-corrected chi connectivity index (χ2v) is 8.41. The molecule has 9 heteroatoms. The van der Waals surface area contributed by atoms with E-state index in [1.54, 1.807) is 55.5 Å². The summed E-state index contributed by atoms with van der Waals surface area (Å²) in [5.41, 5.74) is 1.71. The maximum Gasteiger partial charge on any atom is 0.336 e. The van der Waals surface area contributed by atoms with Crippen molar-refractivity contribution in [3.8, 4) is 11.3 Å². The van der Waals surface area contributed by atoms with Gasteiger partial charge in [0, 0.05) is 15.1 Å². The summed E-state index contributed by atoms with van der Waals surface area (Å²) in [6.07, 6.45) is 1.56. The van der Waals surface area contributed by atoms with Crippen molar-refractivity contribution in [1.82, 2.24) is 0 Å². The molecule has 1 aromatic heterocycles. The standard InChI is InChI=1S/C22H13BrCl2N2O4/c1-11-16(21(28)27(26-11)19-9-13(24)3-6-18(19)25)10-14-4-7-20(31-14)15-5-2-12(23)8-17(15)22(29)30/h2-10H,1H3,(H,29,30). The Kier molecular flexibility index (Phi) is 5.75. The van der Waals surface area contributed by atoms with Gasteiger partial charge < -0.3 is 9.52 Å². The molecule has 0 aliphatic carbocycles. The Hall–Kier alpha value is -2.87. The van der Waals surface area contributed by atoms with E-state index in [0.717, 1.165) is 0 Å². The number of carbonyl (C=O) groups excluding carboxylic acids is 1. The summed E-state index contributed by atoms with van der Waals surface area (Å²) in [6, 6.07) is 13.0. The number of carbonyl (C=O) groups is 2. The van der Waals surface area contributed by atoms with Crippen molar-refractivity contribution in [3.63, 3.8) is 0 Å². The Bertz CT molecular complexity index is 1300. The zero-order chi connectivity index (χ0) is 22.3. The number of halogens is 3. The van der Waals surface area contributed by atoms with Crippen LogP contribution in [-0.2, 0) is 4.79 Å². The largest absolute Gasteiger partial charge is 0.478 e. The molecule has 1 amide bonds. The molecule has 0 atom stereocenters. The lowest BCUT2D eigenvalue weighted by atomic mass is 10.1. The van der Waals surface area contributed by atoms with E-state index in [4.69, 9.17) is 27.6 Å². The van der Waals surface area contributed by atoms with Crippen LogP contribution in [0.4, 0.5) is 5.69 Å². The zero-order valence-corrected chi connectivity index (χ0v) is 19.0. The third-order valence-corrected chi connectivity index (χ3v) is 5.64. The molecule has 4 rings (SSSR count). The van der Waals surface area contributed by atoms with Gasteiger partial charge in [-0.1, -0.05) is 39.1 Å². The molecule has 0 spiro atoms. The van der Waals surface area contributed by atoms with Gasteiger partial charge in [0.2, 0.25) is 0 Å². The Morgan fingerprint density at radius 3 is 2.68 bits per heavy atom. The van der Waals surface area contributed by atoms with Crippen molar-refractivity contribution in [2.24, 2.45) is 5.10 Å². The second-order valence-electron chi connectivity index (χ2n) is 6.65. The highest BCUT2D eigenvalue weighted by atomic mass is 79.9. The van der Waals surface area contributed by atoms with Gasteiger partial charge in [-0.3, -0.25) is 4.79 Å². The number of benzene rings is 2. The minimum atomic E-state index is -1.07. The van der Waals surface area contributed by atoms with Crippen LogP contribution in [0.15, 0.2) is 68.1 Å². The number of rotatable bonds is 4. The van der Waals surface area contributed by atoms with Crippen LogP contribution in [0, 0.1) is 0 Å². The van der Waals surface area contributed by atoms with E-state index < -0.39 is 5.97 Å². The topological polar surface area (TPSA) is 83.1 Å². The number of hydrazone groups is 1. The minimum Gasteiger partial charge on any atom is -0.478 e. The summed E-state index contributed by atoms with van der Waals surface area (Å²) in [7, 11) is 0. The minimum absolute atomic E-state index is 0.0967. The smallest absolute Gasteiger partial charge is 0.336 e. The summed E-state index contributed by atoms with van der Waals surface area (Å²) in [6.45, 7) is 1.70. The molecule has 1 aliphatic heterocycles. The van der Waals surface area contributed by atoms with E-state index in [2.05, 4.69) is 21.0 Å². The third-order valence-electron chi connectivity index (χ3n) is 4.59. The summed E-state index contributed by atoms with van der Waals surface area (Å²) in [4.78, 5) is 24.5. The van der Waals surface area contributed by atoms with Gasteiger partial charge in [-0.05, 0) is 61.5 Å². The maximum absolute atomic E-state index is 13.0. The first-order valence-electron chi connectivity index (χ1n) is 8.94. The molecule has 3 aromatic rings. The number of hydrogen-bond donors (Lipinski definition) is 1. The molecule has 1 aliphatic rings.